The molecule has 0 saturated carbocycles. The highest BCUT2D eigenvalue weighted by molar-refractivity contribution is 5.35. The molecule has 0 radical (unpaired) electrons. The predicted octanol–water partition coefficient (Wildman–Crippen LogP) is 4.64. The maximum absolute atomic E-state index is 14.0. The lowest BCUT2D eigenvalue weighted by Crippen LogP contribution is -2.22. The van der Waals surface area contributed by atoms with Crippen molar-refractivity contribution in [3.63, 3.8) is 0 Å². The maximum atomic E-state index is 14.0. The molecule has 1 rings (SSSR count). The molecule has 0 aromatic carbocycles. The van der Waals surface area contributed by atoms with Crippen molar-refractivity contribution in [1.82, 2.24) is 0 Å². The molecule has 2 heteroatoms. The third kappa shape index (κ3) is 2.30. The van der Waals surface area contributed by atoms with Gasteiger partial charge in [0.25, 0.3) is 0 Å². The summed E-state index contributed by atoms with van der Waals surface area (Å²) >= 11 is 0. The van der Waals surface area contributed by atoms with Crippen LogP contribution in [0.1, 0.15) is 34.6 Å². The first-order chi connectivity index (χ1) is 6.86. The van der Waals surface area contributed by atoms with Crippen molar-refractivity contribution >= 4 is 0 Å². The molecule has 0 nitrogen and oxygen atoms in total. The Kier molecular flexibility index (Phi) is 3.69. The van der Waals surface area contributed by atoms with E-state index in [2.05, 4.69) is 0 Å². The van der Waals surface area contributed by atoms with Crippen molar-refractivity contribution in [1.29, 1.82) is 0 Å². The van der Waals surface area contributed by atoms with E-state index in [0.29, 0.717) is 0 Å². The van der Waals surface area contributed by atoms with E-state index in [4.69, 9.17) is 0 Å². The van der Waals surface area contributed by atoms with Gasteiger partial charge in [-0.3, -0.25) is 0 Å². The molecule has 2 atom stereocenters. The number of hydrogen-bond acceptors (Lipinski definition) is 0. The highest BCUT2D eigenvalue weighted by Crippen LogP contribution is 2.41. The van der Waals surface area contributed by atoms with Gasteiger partial charge in [0.15, 0.2) is 0 Å². The van der Waals surface area contributed by atoms with Crippen molar-refractivity contribution < 1.29 is 8.78 Å². The Morgan fingerprint density at radius 2 is 1.67 bits per heavy atom. The molecular formula is C13H20F2. The van der Waals surface area contributed by atoms with Crippen LogP contribution in [0.3, 0.4) is 0 Å². The van der Waals surface area contributed by atoms with Gasteiger partial charge in [0.05, 0.1) is 0 Å². The van der Waals surface area contributed by atoms with E-state index in [1.807, 2.05) is 34.6 Å². The topological polar surface area (TPSA) is 0 Å². The molecule has 15 heavy (non-hydrogen) atoms. The fraction of sp³-hybridized carbons (Fsp3) is 0.692. The minimum Gasteiger partial charge on any atom is -0.211 e. The monoisotopic (exact) mass is 214 g/mol. The van der Waals surface area contributed by atoms with Crippen molar-refractivity contribution in [3.05, 3.63) is 23.3 Å². The van der Waals surface area contributed by atoms with Gasteiger partial charge in [0.2, 0.25) is 0 Å². The molecule has 0 N–H and O–H groups in total. The molecular weight excluding hydrogens is 194 g/mol. The van der Waals surface area contributed by atoms with Crippen molar-refractivity contribution in [2.45, 2.75) is 34.6 Å². The highest BCUT2D eigenvalue weighted by Gasteiger charge is 2.32. The lowest BCUT2D eigenvalue weighted by Gasteiger charge is -2.30. The maximum Gasteiger partial charge on any atom is 0.125 e. The Bertz CT molecular complexity index is 298. The zero-order valence-electron chi connectivity index (χ0n) is 10.1. The van der Waals surface area contributed by atoms with Crippen LogP contribution in [0.15, 0.2) is 23.3 Å². The molecule has 0 aromatic heterocycles. The lowest BCUT2D eigenvalue weighted by molar-refractivity contribution is 0.302. The van der Waals surface area contributed by atoms with Gasteiger partial charge in [0, 0.05) is 11.5 Å². The molecule has 0 aliphatic heterocycles. The molecule has 1 aliphatic carbocycles. The molecule has 0 spiro atoms. The quantitative estimate of drug-likeness (QED) is 0.628. The largest absolute Gasteiger partial charge is 0.211 e. The second kappa shape index (κ2) is 4.46. The van der Waals surface area contributed by atoms with E-state index in [9.17, 15) is 8.78 Å². The van der Waals surface area contributed by atoms with Gasteiger partial charge >= 0.3 is 0 Å². The van der Waals surface area contributed by atoms with Crippen LogP contribution in [0.2, 0.25) is 0 Å². The zero-order chi connectivity index (χ0) is 11.7. The summed E-state index contributed by atoms with van der Waals surface area (Å²) in [4.78, 5) is 0. The Labute approximate surface area is 91.1 Å². The normalized spacial score (nSPS) is 27.7. The summed E-state index contributed by atoms with van der Waals surface area (Å²) in [7, 11) is 0. The van der Waals surface area contributed by atoms with E-state index in [0.717, 1.165) is 0 Å². The summed E-state index contributed by atoms with van der Waals surface area (Å²) in [5, 5.41) is 0. The lowest BCUT2D eigenvalue weighted by atomic mass is 9.77. The van der Waals surface area contributed by atoms with E-state index in [-0.39, 0.29) is 40.9 Å². The van der Waals surface area contributed by atoms with Crippen molar-refractivity contribution in [2.75, 3.05) is 0 Å². The second-order valence-corrected chi connectivity index (χ2v) is 5.04. The van der Waals surface area contributed by atoms with E-state index in [1.54, 1.807) is 6.08 Å². The van der Waals surface area contributed by atoms with Crippen LogP contribution < -0.4 is 0 Å². The fourth-order valence-corrected chi connectivity index (χ4v) is 2.25. The SMILES string of the molecule is CC(C)C1=C(F)C(C)C(C(C)C)C=C1F. The van der Waals surface area contributed by atoms with E-state index >= 15 is 0 Å². The summed E-state index contributed by atoms with van der Waals surface area (Å²) in [6.07, 6.45) is 1.59. The van der Waals surface area contributed by atoms with Gasteiger partial charge in [-0.2, -0.15) is 0 Å². The standard InChI is InChI=1S/C13H20F2/c1-7(2)10-6-11(14)12(8(3)4)13(15)9(10)5/h6-10H,1-5H3. The molecule has 0 heterocycles. The van der Waals surface area contributed by atoms with Gasteiger partial charge in [-0.1, -0.05) is 34.6 Å². The zero-order valence-corrected chi connectivity index (χ0v) is 10.1. The molecule has 86 valence electrons. The number of allylic oxidation sites excluding steroid dienone is 4. The Morgan fingerprint density at radius 1 is 1.13 bits per heavy atom. The van der Waals surface area contributed by atoms with Crippen LogP contribution in [0, 0.1) is 23.7 Å². The van der Waals surface area contributed by atoms with Gasteiger partial charge in [-0.25, -0.2) is 8.78 Å². The smallest absolute Gasteiger partial charge is 0.125 e. The number of halogens is 2. The minimum absolute atomic E-state index is 0.0208. The summed E-state index contributed by atoms with van der Waals surface area (Å²) < 4.78 is 27.6. The molecule has 0 saturated heterocycles. The summed E-state index contributed by atoms with van der Waals surface area (Å²) in [5.41, 5.74) is 0.263. The van der Waals surface area contributed by atoms with E-state index in [1.165, 1.54) is 0 Å². The summed E-state index contributed by atoms with van der Waals surface area (Å²) in [6.45, 7) is 9.48. The molecule has 0 amide bonds. The van der Waals surface area contributed by atoms with Gasteiger partial charge in [0.1, 0.15) is 11.7 Å². The van der Waals surface area contributed by atoms with Crippen LogP contribution in [-0.4, -0.2) is 0 Å². The fourth-order valence-electron chi connectivity index (χ4n) is 2.25. The average Bonchev–Trinajstić information content (AvgIpc) is 2.10. The average molecular weight is 214 g/mol. The Balaban J connectivity index is 3.10. The summed E-state index contributed by atoms with van der Waals surface area (Å²) in [5.74, 6) is -0.653. The van der Waals surface area contributed by atoms with E-state index < -0.39 is 0 Å². The highest BCUT2D eigenvalue weighted by atomic mass is 19.1. The van der Waals surface area contributed by atoms with Gasteiger partial charge < -0.3 is 0 Å². The summed E-state index contributed by atoms with van der Waals surface area (Å²) in [6, 6.07) is 0. The van der Waals surface area contributed by atoms with Gasteiger partial charge in [-0.05, 0) is 23.8 Å². The minimum atomic E-state index is -0.362. The third-order valence-corrected chi connectivity index (χ3v) is 3.18. The van der Waals surface area contributed by atoms with Crippen molar-refractivity contribution in [2.24, 2.45) is 23.7 Å². The second-order valence-electron chi connectivity index (χ2n) is 5.04. The molecule has 2 unspecified atom stereocenters. The van der Waals surface area contributed by atoms with Crippen LogP contribution in [0.4, 0.5) is 8.78 Å². The molecule has 0 bridgehead atoms. The number of hydrogen-bond donors (Lipinski definition) is 0. The first-order valence-electron chi connectivity index (χ1n) is 5.63. The Morgan fingerprint density at radius 3 is 2.07 bits per heavy atom. The first kappa shape index (κ1) is 12.4. The van der Waals surface area contributed by atoms with Crippen LogP contribution in [0.25, 0.3) is 0 Å². The Hall–Kier alpha value is -0.660. The van der Waals surface area contributed by atoms with Crippen molar-refractivity contribution in [3.8, 4) is 0 Å². The van der Waals surface area contributed by atoms with Crippen LogP contribution >= 0.6 is 0 Å². The van der Waals surface area contributed by atoms with Crippen LogP contribution in [-0.2, 0) is 0 Å². The predicted molar refractivity (Wildman–Crippen MR) is 59.7 cm³/mol. The molecule has 0 aromatic rings. The number of rotatable bonds is 2. The molecule has 1 aliphatic rings. The third-order valence-electron chi connectivity index (χ3n) is 3.18. The first-order valence-corrected chi connectivity index (χ1v) is 5.63. The van der Waals surface area contributed by atoms with Crippen LogP contribution in [0.5, 0.6) is 0 Å². The molecule has 0 fully saturated rings. The van der Waals surface area contributed by atoms with Gasteiger partial charge in [-0.15, -0.1) is 0 Å².